The quantitative estimate of drug-likeness (QED) is 0.791. The predicted molar refractivity (Wildman–Crippen MR) is 68.9 cm³/mol. The molecule has 0 aromatic heterocycles. The maximum atomic E-state index is 11.9. The van der Waals surface area contributed by atoms with Crippen molar-refractivity contribution in [1.82, 2.24) is 4.90 Å². The number of rotatable bonds is 6. The Bertz CT molecular complexity index is 315. The Hall–Kier alpha value is -0.970. The zero-order chi connectivity index (χ0) is 12.7. The smallest absolute Gasteiger partial charge is 0.313 e. The van der Waals surface area contributed by atoms with Gasteiger partial charge < -0.3 is 10.0 Å². The van der Waals surface area contributed by atoms with Crippen LogP contribution >= 0.6 is 11.8 Å². The number of carbonyl (C=O) groups is 2. The van der Waals surface area contributed by atoms with Crippen molar-refractivity contribution in [1.29, 1.82) is 0 Å². The molecule has 17 heavy (non-hydrogen) atoms. The van der Waals surface area contributed by atoms with E-state index >= 15 is 0 Å². The van der Waals surface area contributed by atoms with Crippen molar-refractivity contribution in [2.45, 2.75) is 32.6 Å². The summed E-state index contributed by atoms with van der Waals surface area (Å²) in [5.74, 6) is -0.616. The third-order valence-electron chi connectivity index (χ3n) is 2.68. The number of carboxylic acid groups (broad SMARTS) is 1. The molecule has 0 aromatic carbocycles. The van der Waals surface area contributed by atoms with E-state index in [4.69, 9.17) is 5.11 Å². The van der Waals surface area contributed by atoms with Gasteiger partial charge in [0, 0.05) is 12.2 Å². The van der Waals surface area contributed by atoms with Gasteiger partial charge >= 0.3 is 5.97 Å². The van der Waals surface area contributed by atoms with Crippen LogP contribution in [-0.2, 0) is 9.59 Å². The lowest BCUT2D eigenvalue weighted by Gasteiger charge is -2.26. The lowest BCUT2D eigenvalue weighted by molar-refractivity contribution is -0.133. The number of carbonyl (C=O) groups excluding carboxylic acids is 1. The fourth-order valence-electron chi connectivity index (χ4n) is 1.91. The van der Waals surface area contributed by atoms with E-state index in [1.807, 2.05) is 6.92 Å². The summed E-state index contributed by atoms with van der Waals surface area (Å²) in [4.78, 5) is 24.1. The van der Waals surface area contributed by atoms with Crippen LogP contribution in [0, 0.1) is 0 Å². The Labute approximate surface area is 106 Å². The van der Waals surface area contributed by atoms with Gasteiger partial charge in [-0.3, -0.25) is 9.59 Å². The normalized spacial score (nSPS) is 15.2. The third kappa shape index (κ3) is 4.81. The molecule has 0 saturated heterocycles. The average molecular weight is 257 g/mol. The largest absolute Gasteiger partial charge is 0.481 e. The topological polar surface area (TPSA) is 57.6 Å². The Kier molecular flexibility index (Phi) is 6.11. The van der Waals surface area contributed by atoms with Crippen LogP contribution in [0.5, 0.6) is 0 Å². The van der Waals surface area contributed by atoms with Crippen LogP contribution in [0.3, 0.4) is 0 Å². The Balaban J connectivity index is 2.46. The Morgan fingerprint density at radius 2 is 2.18 bits per heavy atom. The van der Waals surface area contributed by atoms with Crippen LogP contribution in [0.25, 0.3) is 0 Å². The summed E-state index contributed by atoms with van der Waals surface area (Å²) in [6, 6.07) is 0. The molecule has 0 unspecified atom stereocenters. The number of thioether (sulfide) groups is 1. The molecule has 0 aromatic rings. The molecule has 0 atom stereocenters. The molecular weight excluding hydrogens is 238 g/mol. The van der Waals surface area contributed by atoms with E-state index in [0.717, 1.165) is 36.7 Å². The average Bonchev–Trinajstić information content (AvgIpc) is 2.31. The van der Waals surface area contributed by atoms with Gasteiger partial charge in [0.2, 0.25) is 5.91 Å². The molecule has 0 aliphatic heterocycles. The molecule has 1 amide bonds. The number of allylic oxidation sites excluding steroid dienone is 2. The summed E-state index contributed by atoms with van der Waals surface area (Å²) in [6.45, 7) is 2.62. The predicted octanol–water partition coefficient (Wildman–Crippen LogP) is 2.11. The monoisotopic (exact) mass is 257 g/mol. The standard InChI is InChI=1S/C12H19NO3S/c1-2-13(10-6-4-3-5-7-10)11(14)8-17-9-12(15)16/h6H,2-5,7-9H2,1H3,(H,15,16). The van der Waals surface area contributed by atoms with Gasteiger partial charge in [-0.2, -0.15) is 0 Å². The molecule has 5 heteroatoms. The summed E-state index contributed by atoms with van der Waals surface area (Å²) in [7, 11) is 0. The number of carboxylic acids is 1. The molecule has 96 valence electrons. The van der Waals surface area contributed by atoms with E-state index in [-0.39, 0.29) is 17.4 Å². The minimum Gasteiger partial charge on any atom is -0.481 e. The molecule has 4 nitrogen and oxygen atoms in total. The number of aliphatic carboxylic acids is 1. The van der Waals surface area contributed by atoms with Gasteiger partial charge in [0.15, 0.2) is 0 Å². The molecule has 0 fully saturated rings. The highest BCUT2D eigenvalue weighted by atomic mass is 32.2. The highest BCUT2D eigenvalue weighted by molar-refractivity contribution is 8.00. The van der Waals surface area contributed by atoms with Gasteiger partial charge in [-0.15, -0.1) is 11.8 Å². The molecule has 0 radical (unpaired) electrons. The number of hydrogen-bond acceptors (Lipinski definition) is 3. The van der Waals surface area contributed by atoms with Crippen molar-refractivity contribution in [3.05, 3.63) is 11.8 Å². The second-order valence-electron chi connectivity index (χ2n) is 3.97. The van der Waals surface area contributed by atoms with E-state index in [0.29, 0.717) is 6.54 Å². The highest BCUT2D eigenvalue weighted by Crippen LogP contribution is 2.21. The number of hydrogen-bond donors (Lipinski definition) is 1. The van der Waals surface area contributed by atoms with Crippen LogP contribution in [0.2, 0.25) is 0 Å². The van der Waals surface area contributed by atoms with Gasteiger partial charge in [-0.05, 0) is 32.6 Å². The van der Waals surface area contributed by atoms with Crippen LogP contribution in [0.15, 0.2) is 11.8 Å². The first-order valence-electron chi connectivity index (χ1n) is 5.94. The molecular formula is C12H19NO3S. The van der Waals surface area contributed by atoms with Gasteiger partial charge in [0.1, 0.15) is 0 Å². The summed E-state index contributed by atoms with van der Waals surface area (Å²) in [6.07, 6.45) is 6.47. The summed E-state index contributed by atoms with van der Waals surface area (Å²) < 4.78 is 0. The highest BCUT2D eigenvalue weighted by Gasteiger charge is 2.17. The maximum Gasteiger partial charge on any atom is 0.313 e. The van der Waals surface area contributed by atoms with Crippen molar-refractivity contribution in [3.63, 3.8) is 0 Å². The fraction of sp³-hybridized carbons (Fsp3) is 0.667. The van der Waals surface area contributed by atoms with E-state index in [1.165, 1.54) is 6.42 Å². The second kappa shape index (κ2) is 7.37. The molecule has 1 rings (SSSR count). The first-order valence-corrected chi connectivity index (χ1v) is 7.09. The molecule has 0 heterocycles. The Morgan fingerprint density at radius 1 is 1.41 bits per heavy atom. The van der Waals surface area contributed by atoms with Crippen molar-refractivity contribution in [2.24, 2.45) is 0 Å². The SMILES string of the molecule is CCN(C(=O)CSCC(=O)O)C1=CCCCC1. The van der Waals surface area contributed by atoms with E-state index in [2.05, 4.69) is 6.08 Å². The number of amides is 1. The number of nitrogens with zero attached hydrogens (tertiary/aromatic N) is 1. The van der Waals surface area contributed by atoms with Crippen molar-refractivity contribution in [2.75, 3.05) is 18.1 Å². The minimum absolute atomic E-state index is 0.0116. The zero-order valence-electron chi connectivity index (χ0n) is 10.1. The van der Waals surface area contributed by atoms with Gasteiger partial charge in [0.25, 0.3) is 0 Å². The molecule has 1 aliphatic rings. The fourth-order valence-corrected chi connectivity index (χ4v) is 2.52. The molecule has 1 aliphatic carbocycles. The molecule has 0 bridgehead atoms. The van der Waals surface area contributed by atoms with E-state index in [9.17, 15) is 9.59 Å². The van der Waals surface area contributed by atoms with Crippen LogP contribution in [0.1, 0.15) is 32.6 Å². The summed E-state index contributed by atoms with van der Waals surface area (Å²) in [5.41, 5.74) is 1.11. The minimum atomic E-state index is -0.872. The van der Waals surface area contributed by atoms with Gasteiger partial charge in [-0.25, -0.2) is 0 Å². The first kappa shape index (κ1) is 14.1. The molecule has 1 N–H and O–H groups in total. The molecule has 0 saturated carbocycles. The lowest BCUT2D eigenvalue weighted by atomic mass is 10.0. The van der Waals surface area contributed by atoms with Crippen LogP contribution in [-0.4, -0.2) is 39.9 Å². The van der Waals surface area contributed by atoms with Crippen LogP contribution < -0.4 is 0 Å². The van der Waals surface area contributed by atoms with Crippen molar-refractivity contribution < 1.29 is 14.7 Å². The maximum absolute atomic E-state index is 11.9. The van der Waals surface area contributed by atoms with Gasteiger partial charge in [-0.1, -0.05) is 6.08 Å². The van der Waals surface area contributed by atoms with Crippen LogP contribution in [0.4, 0.5) is 0 Å². The van der Waals surface area contributed by atoms with E-state index < -0.39 is 5.97 Å². The zero-order valence-corrected chi connectivity index (χ0v) is 11.0. The first-order chi connectivity index (χ1) is 8.15. The lowest BCUT2D eigenvalue weighted by Crippen LogP contribution is -2.32. The van der Waals surface area contributed by atoms with Crippen molar-refractivity contribution >= 4 is 23.6 Å². The molecule has 0 spiro atoms. The summed E-state index contributed by atoms with van der Waals surface area (Å²) in [5, 5.41) is 8.51. The summed E-state index contributed by atoms with van der Waals surface area (Å²) >= 11 is 1.16. The van der Waals surface area contributed by atoms with Gasteiger partial charge in [0.05, 0.1) is 11.5 Å². The van der Waals surface area contributed by atoms with E-state index in [1.54, 1.807) is 4.90 Å². The van der Waals surface area contributed by atoms with Crippen molar-refractivity contribution in [3.8, 4) is 0 Å². The Morgan fingerprint density at radius 3 is 2.71 bits per heavy atom. The second-order valence-corrected chi connectivity index (χ2v) is 4.95. The third-order valence-corrected chi connectivity index (χ3v) is 3.58.